The van der Waals surface area contributed by atoms with Crippen molar-refractivity contribution in [2.24, 2.45) is 39.4 Å². The summed E-state index contributed by atoms with van der Waals surface area (Å²) in [6.45, 7) is 14.8. The van der Waals surface area contributed by atoms with Crippen molar-refractivity contribution in [1.29, 1.82) is 0 Å². The Kier molecular flexibility index (Phi) is 6.13. The molecule has 4 aliphatic carbocycles. The fourth-order valence-electron chi connectivity index (χ4n) is 11.4. The zero-order chi connectivity index (χ0) is 27.4. The lowest BCUT2D eigenvalue weighted by molar-refractivity contribution is -0.206. The van der Waals surface area contributed by atoms with E-state index in [4.69, 9.17) is 9.47 Å². The average molecular weight is 523 g/mol. The van der Waals surface area contributed by atoms with Gasteiger partial charge in [-0.05, 0) is 114 Å². The van der Waals surface area contributed by atoms with Crippen molar-refractivity contribution < 1.29 is 34.7 Å². The predicted molar refractivity (Wildman–Crippen MR) is 138 cm³/mol. The van der Waals surface area contributed by atoms with Gasteiger partial charge in [-0.25, -0.2) is 0 Å². The van der Waals surface area contributed by atoms with Crippen LogP contribution in [-0.2, 0) is 14.3 Å². The Morgan fingerprint density at radius 1 is 0.973 bits per heavy atom. The summed E-state index contributed by atoms with van der Waals surface area (Å²) < 4.78 is 11.8. The summed E-state index contributed by atoms with van der Waals surface area (Å²) in [5.74, 6) is -0.159. The van der Waals surface area contributed by atoms with Gasteiger partial charge in [0, 0.05) is 11.8 Å². The third-order valence-electron chi connectivity index (χ3n) is 12.7. The SMILES string of the molecule is CC(C)(O)[C@@H]1CC[C@](C)([C@H]2[C@@H](O)C[C@@]3(C)C4C[C@H](O)[C@@H](C(C)(C)O)[C@@]5(CCOC=O)C[C@@]45CC[C@]23C)O1. The number of aliphatic hydroxyl groups excluding tert-OH is 2. The highest BCUT2D eigenvalue weighted by Gasteiger charge is 2.84. The summed E-state index contributed by atoms with van der Waals surface area (Å²) in [7, 11) is 0. The minimum Gasteiger partial charge on any atom is -0.468 e. The number of carbonyl (C=O) groups excluding carboxylic acids is 1. The van der Waals surface area contributed by atoms with E-state index in [0.717, 1.165) is 32.1 Å². The molecule has 0 radical (unpaired) electrons. The van der Waals surface area contributed by atoms with Crippen molar-refractivity contribution in [3.8, 4) is 0 Å². The van der Waals surface area contributed by atoms with Crippen LogP contribution in [0.25, 0.3) is 0 Å². The summed E-state index contributed by atoms with van der Waals surface area (Å²) in [5.41, 5.74) is -3.25. The van der Waals surface area contributed by atoms with Crippen molar-refractivity contribution in [2.75, 3.05) is 6.61 Å². The summed E-state index contributed by atoms with van der Waals surface area (Å²) in [4.78, 5) is 11.0. The largest absolute Gasteiger partial charge is 0.468 e. The summed E-state index contributed by atoms with van der Waals surface area (Å²) in [6.07, 6.45) is 4.88. The van der Waals surface area contributed by atoms with E-state index in [1.807, 2.05) is 0 Å². The van der Waals surface area contributed by atoms with Gasteiger partial charge in [-0.15, -0.1) is 0 Å². The van der Waals surface area contributed by atoms with Crippen LogP contribution in [0.3, 0.4) is 0 Å². The van der Waals surface area contributed by atoms with Crippen molar-refractivity contribution in [3.05, 3.63) is 0 Å². The van der Waals surface area contributed by atoms with Gasteiger partial charge >= 0.3 is 0 Å². The highest BCUT2D eigenvalue weighted by molar-refractivity contribution is 5.37. The van der Waals surface area contributed by atoms with E-state index in [1.165, 1.54) is 0 Å². The van der Waals surface area contributed by atoms with Gasteiger partial charge in [-0.3, -0.25) is 4.79 Å². The first-order valence-corrected chi connectivity index (χ1v) is 14.5. The Bertz CT molecular complexity index is 924. The van der Waals surface area contributed by atoms with Crippen LogP contribution in [0.1, 0.15) is 99.8 Å². The smallest absolute Gasteiger partial charge is 0.293 e. The van der Waals surface area contributed by atoms with Crippen molar-refractivity contribution >= 4 is 6.47 Å². The van der Waals surface area contributed by atoms with E-state index >= 15 is 0 Å². The Morgan fingerprint density at radius 3 is 2.22 bits per heavy atom. The highest BCUT2D eigenvalue weighted by Crippen LogP contribution is 2.87. The van der Waals surface area contributed by atoms with E-state index in [1.54, 1.807) is 27.7 Å². The fraction of sp³-hybridized carbons (Fsp3) is 0.967. The molecule has 5 fully saturated rings. The van der Waals surface area contributed by atoms with E-state index in [2.05, 4.69) is 20.8 Å². The molecule has 7 heteroatoms. The number of aliphatic hydroxyl groups is 4. The summed E-state index contributed by atoms with van der Waals surface area (Å²) in [5, 5.41) is 45.2. The van der Waals surface area contributed by atoms with Gasteiger partial charge in [-0.2, -0.15) is 0 Å². The Morgan fingerprint density at radius 2 is 1.65 bits per heavy atom. The van der Waals surface area contributed by atoms with Crippen molar-refractivity contribution in [1.82, 2.24) is 0 Å². The summed E-state index contributed by atoms with van der Waals surface area (Å²) in [6, 6.07) is 0. The average Bonchev–Trinajstić information content (AvgIpc) is 3.10. The molecular formula is C30H50O7. The first kappa shape index (κ1) is 27.8. The number of rotatable bonds is 7. The van der Waals surface area contributed by atoms with E-state index in [0.29, 0.717) is 32.3 Å². The van der Waals surface area contributed by atoms with Gasteiger partial charge in [0.15, 0.2) is 0 Å². The van der Waals surface area contributed by atoms with Crippen LogP contribution in [0.2, 0.25) is 0 Å². The molecule has 5 aliphatic rings. The third kappa shape index (κ3) is 3.59. The maximum atomic E-state index is 11.7. The maximum Gasteiger partial charge on any atom is 0.293 e. The monoisotopic (exact) mass is 522 g/mol. The molecule has 0 aromatic heterocycles. The normalized spacial score (nSPS) is 53.3. The molecule has 0 bridgehead atoms. The zero-order valence-corrected chi connectivity index (χ0v) is 23.9. The molecule has 1 aliphatic heterocycles. The molecule has 0 aromatic carbocycles. The number of hydrogen-bond acceptors (Lipinski definition) is 7. The molecule has 212 valence electrons. The van der Waals surface area contributed by atoms with Gasteiger partial charge in [0.1, 0.15) is 0 Å². The van der Waals surface area contributed by atoms with Crippen LogP contribution in [0.15, 0.2) is 0 Å². The Labute approximate surface area is 222 Å². The molecule has 1 heterocycles. The molecule has 4 N–H and O–H groups in total. The van der Waals surface area contributed by atoms with Crippen LogP contribution in [0, 0.1) is 39.4 Å². The van der Waals surface area contributed by atoms with Gasteiger partial charge in [-0.1, -0.05) is 13.8 Å². The lowest BCUT2D eigenvalue weighted by Gasteiger charge is -2.62. The van der Waals surface area contributed by atoms with Gasteiger partial charge < -0.3 is 29.9 Å². The molecule has 0 amide bonds. The van der Waals surface area contributed by atoms with E-state index in [9.17, 15) is 25.2 Å². The van der Waals surface area contributed by atoms with Gasteiger partial charge in [0.05, 0.1) is 41.7 Å². The molecule has 4 saturated carbocycles. The van der Waals surface area contributed by atoms with Crippen molar-refractivity contribution in [3.63, 3.8) is 0 Å². The minimum absolute atomic E-state index is 0.0426. The van der Waals surface area contributed by atoms with Crippen LogP contribution in [0.4, 0.5) is 0 Å². The first-order chi connectivity index (χ1) is 16.9. The number of carbonyl (C=O) groups is 1. The first-order valence-electron chi connectivity index (χ1n) is 14.5. The van der Waals surface area contributed by atoms with Crippen LogP contribution in [-0.4, -0.2) is 68.6 Å². The second kappa shape index (κ2) is 8.15. The number of ether oxygens (including phenoxy) is 2. The third-order valence-corrected chi connectivity index (χ3v) is 12.7. The second-order valence-electron chi connectivity index (χ2n) is 15.4. The molecule has 1 spiro atoms. The highest BCUT2D eigenvalue weighted by atomic mass is 16.5. The lowest BCUT2D eigenvalue weighted by atomic mass is 9.43. The Hall–Kier alpha value is -0.730. The standard InChI is InChI=1S/C30H50O7/c1-24(2,34)21-8-9-28(7,37-21)23-19(33)15-27(6)20-14-18(32)22(25(3,4)35)30(12-13-36-17-31)16-29(20,30)11-10-26(23,27)5/h17-23,32-35H,8-16H2,1-7H3/t18-,19-,20?,21-,22-,23-,26+,27-,28+,29-,30+/m0/s1. The van der Waals surface area contributed by atoms with Crippen LogP contribution in [0.5, 0.6) is 0 Å². The second-order valence-corrected chi connectivity index (χ2v) is 15.4. The maximum absolute atomic E-state index is 11.7. The molecule has 5 rings (SSSR count). The minimum atomic E-state index is -1.05. The quantitative estimate of drug-likeness (QED) is 0.298. The van der Waals surface area contributed by atoms with Crippen molar-refractivity contribution in [2.45, 2.75) is 135 Å². The molecule has 1 saturated heterocycles. The van der Waals surface area contributed by atoms with E-state index in [-0.39, 0.29) is 45.5 Å². The van der Waals surface area contributed by atoms with Crippen LogP contribution < -0.4 is 0 Å². The Balaban J connectivity index is 1.52. The molecule has 7 nitrogen and oxygen atoms in total. The number of hydrogen-bond donors (Lipinski definition) is 4. The van der Waals surface area contributed by atoms with Gasteiger partial charge in [0.25, 0.3) is 6.47 Å². The molecular weight excluding hydrogens is 472 g/mol. The predicted octanol–water partition coefficient (Wildman–Crippen LogP) is 3.59. The lowest BCUT2D eigenvalue weighted by Crippen LogP contribution is -2.61. The topological polar surface area (TPSA) is 116 Å². The molecule has 1 unspecified atom stereocenters. The molecule has 0 aromatic rings. The van der Waals surface area contributed by atoms with E-state index < -0.39 is 29.0 Å². The van der Waals surface area contributed by atoms with Gasteiger partial charge in [0.2, 0.25) is 0 Å². The van der Waals surface area contributed by atoms with Crippen LogP contribution >= 0.6 is 0 Å². The number of fused-ring (bicyclic) bond motifs is 2. The fourth-order valence-corrected chi connectivity index (χ4v) is 11.4. The summed E-state index contributed by atoms with van der Waals surface area (Å²) >= 11 is 0. The molecule has 11 atom stereocenters. The molecule has 37 heavy (non-hydrogen) atoms. The zero-order valence-electron chi connectivity index (χ0n) is 23.9.